The van der Waals surface area contributed by atoms with E-state index in [1.165, 1.54) is 5.56 Å². The molecule has 1 N–H and O–H groups in total. The number of aromatic nitrogens is 4. The van der Waals surface area contributed by atoms with Crippen LogP contribution in [0.5, 0.6) is 0 Å². The number of aryl methyl sites for hydroxylation is 2. The third-order valence-corrected chi connectivity index (χ3v) is 2.83. The van der Waals surface area contributed by atoms with Crippen molar-refractivity contribution in [3.8, 4) is 0 Å². The zero-order valence-corrected chi connectivity index (χ0v) is 10.6. The quantitative estimate of drug-likeness (QED) is 0.839. The third-order valence-electron chi connectivity index (χ3n) is 2.83. The Bertz CT molecular complexity index is 471. The Morgan fingerprint density at radius 1 is 1.35 bits per heavy atom. The number of rotatable bonds is 5. The fraction of sp³-hybridized carbons (Fsp3) is 0.500. The molecule has 0 aliphatic rings. The standard InChI is InChI=1S/C12H19N5/c1-10(11-8-14-17(3)9-11)13-6-4-12-5-7-16(2)15-12/h5,7-10,13H,4,6H2,1-3H3. The van der Waals surface area contributed by atoms with Gasteiger partial charge in [0, 0.05) is 51.1 Å². The molecule has 2 aromatic heterocycles. The van der Waals surface area contributed by atoms with Gasteiger partial charge in [-0.15, -0.1) is 0 Å². The lowest BCUT2D eigenvalue weighted by molar-refractivity contribution is 0.570. The maximum absolute atomic E-state index is 4.34. The summed E-state index contributed by atoms with van der Waals surface area (Å²) in [4.78, 5) is 0. The maximum atomic E-state index is 4.34. The SMILES string of the molecule is CC(NCCc1ccn(C)n1)c1cnn(C)c1. The van der Waals surface area contributed by atoms with Gasteiger partial charge in [-0.2, -0.15) is 10.2 Å². The van der Waals surface area contributed by atoms with E-state index in [1.807, 2.05) is 42.0 Å². The molecule has 5 heteroatoms. The highest BCUT2D eigenvalue weighted by atomic mass is 15.2. The average Bonchev–Trinajstić information content (AvgIpc) is 2.88. The number of nitrogens with zero attached hydrogens (tertiary/aromatic N) is 4. The van der Waals surface area contributed by atoms with Gasteiger partial charge in [-0.25, -0.2) is 0 Å². The van der Waals surface area contributed by atoms with Crippen LogP contribution in [0, 0.1) is 0 Å². The molecule has 0 saturated heterocycles. The second kappa shape index (κ2) is 5.14. The van der Waals surface area contributed by atoms with Crippen molar-refractivity contribution in [2.45, 2.75) is 19.4 Å². The molecule has 0 fully saturated rings. The summed E-state index contributed by atoms with van der Waals surface area (Å²) in [6.45, 7) is 3.07. The summed E-state index contributed by atoms with van der Waals surface area (Å²) in [7, 11) is 3.87. The lowest BCUT2D eigenvalue weighted by atomic mass is 10.2. The fourth-order valence-corrected chi connectivity index (χ4v) is 1.79. The molecule has 0 spiro atoms. The summed E-state index contributed by atoms with van der Waals surface area (Å²) in [6.07, 6.45) is 6.86. The highest BCUT2D eigenvalue weighted by Gasteiger charge is 2.06. The molecule has 1 atom stereocenters. The molecular weight excluding hydrogens is 214 g/mol. The second-order valence-electron chi connectivity index (χ2n) is 4.35. The lowest BCUT2D eigenvalue weighted by Crippen LogP contribution is -2.21. The summed E-state index contributed by atoms with van der Waals surface area (Å²) in [5, 5.41) is 12.0. The van der Waals surface area contributed by atoms with E-state index in [0.29, 0.717) is 6.04 Å². The van der Waals surface area contributed by atoms with Crippen molar-refractivity contribution in [2.75, 3.05) is 6.54 Å². The topological polar surface area (TPSA) is 47.7 Å². The third kappa shape index (κ3) is 3.17. The largest absolute Gasteiger partial charge is 0.310 e. The summed E-state index contributed by atoms with van der Waals surface area (Å²) in [6, 6.07) is 2.38. The van der Waals surface area contributed by atoms with E-state index in [1.54, 1.807) is 0 Å². The minimum atomic E-state index is 0.326. The molecule has 0 radical (unpaired) electrons. The van der Waals surface area contributed by atoms with Gasteiger partial charge in [-0.05, 0) is 13.0 Å². The van der Waals surface area contributed by atoms with Crippen LogP contribution in [-0.4, -0.2) is 26.1 Å². The Balaban J connectivity index is 1.78. The van der Waals surface area contributed by atoms with Crippen LogP contribution in [0.25, 0.3) is 0 Å². The smallest absolute Gasteiger partial charge is 0.0637 e. The number of hydrogen-bond acceptors (Lipinski definition) is 3. The summed E-state index contributed by atoms with van der Waals surface area (Å²) >= 11 is 0. The van der Waals surface area contributed by atoms with E-state index in [0.717, 1.165) is 18.7 Å². The number of hydrogen-bond donors (Lipinski definition) is 1. The predicted molar refractivity (Wildman–Crippen MR) is 66.5 cm³/mol. The highest BCUT2D eigenvalue weighted by molar-refractivity contribution is 5.09. The van der Waals surface area contributed by atoms with E-state index in [-0.39, 0.29) is 0 Å². The predicted octanol–water partition coefficient (Wildman–Crippen LogP) is 1.05. The molecule has 2 rings (SSSR count). The van der Waals surface area contributed by atoms with Crippen LogP contribution >= 0.6 is 0 Å². The zero-order valence-electron chi connectivity index (χ0n) is 10.6. The second-order valence-corrected chi connectivity index (χ2v) is 4.35. The average molecular weight is 233 g/mol. The van der Waals surface area contributed by atoms with Crippen LogP contribution in [0.2, 0.25) is 0 Å². The van der Waals surface area contributed by atoms with Gasteiger partial charge in [0.1, 0.15) is 0 Å². The molecule has 17 heavy (non-hydrogen) atoms. The molecule has 0 aromatic carbocycles. The van der Waals surface area contributed by atoms with Crippen molar-refractivity contribution >= 4 is 0 Å². The highest BCUT2D eigenvalue weighted by Crippen LogP contribution is 2.09. The molecule has 0 amide bonds. The van der Waals surface area contributed by atoms with Gasteiger partial charge in [0.25, 0.3) is 0 Å². The molecule has 0 bridgehead atoms. The fourth-order valence-electron chi connectivity index (χ4n) is 1.79. The van der Waals surface area contributed by atoms with E-state index in [4.69, 9.17) is 0 Å². The lowest BCUT2D eigenvalue weighted by Gasteiger charge is -2.10. The Hall–Kier alpha value is -1.62. The van der Waals surface area contributed by atoms with Crippen molar-refractivity contribution in [1.29, 1.82) is 0 Å². The van der Waals surface area contributed by atoms with Gasteiger partial charge in [-0.3, -0.25) is 9.36 Å². The molecule has 92 valence electrons. The molecule has 1 unspecified atom stereocenters. The van der Waals surface area contributed by atoms with Crippen LogP contribution in [0.15, 0.2) is 24.7 Å². The van der Waals surface area contributed by atoms with Gasteiger partial charge in [0.2, 0.25) is 0 Å². The van der Waals surface area contributed by atoms with Crippen LogP contribution < -0.4 is 5.32 Å². The van der Waals surface area contributed by atoms with E-state index in [2.05, 4.69) is 28.5 Å². The summed E-state index contributed by atoms with van der Waals surface area (Å²) in [5.74, 6) is 0. The Kier molecular flexibility index (Phi) is 3.58. The first-order chi connectivity index (χ1) is 8.15. The minimum Gasteiger partial charge on any atom is -0.310 e. The first kappa shape index (κ1) is 11.9. The summed E-state index contributed by atoms with van der Waals surface area (Å²) < 4.78 is 3.66. The number of nitrogens with one attached hydrogen (secondary N) is 1. The van der Waals surface area contributed by atoms with E-state index in [9.17, 15) is 0 Å². The summed E-state index contributed by atoms with van der Waals surface area (Å²) in [5.41, 5.74) is 2.34. The maximum Gasteiger partial charge on any atom is 0.0637 e. The molecular formula is C12H19N5. The molecule has 5 nitrogen and oxygen atoms in total. The van der Waals surface area contributed by atoms with E-state index >= 15 is 0 Å². The van der Waals surface area contributed by atoms with Crippen LogP contribution in [-0.2, 0) is 20.5 Å². The first-order valence-corrected chi connectivity index (χ1v) is 5.85. The molecule has 0 saturated carbocycles. The molecule has 2 aromatic rings. The van der Waals surface area contributed by atoms with Gasteiger partial charge in [0.15, 0.2) is 0 Å². The van der Waals surface area contributed by atoms with Crippen molar-refractivity contribution in [3.63, 3.8) is 0 Å². The Morgan fingerprint density at radius 3 is 2.76 bits per heavy atom. The van der Waals surface area contributed by atoms with Crippen molar-refractivity contribution < 1.29 is 0 Å². The zero-order chi connectivity index (χ0) is 12.3. The Labute approximate surface area is 101 Å². The van der Waals surface area contributed by atoms with Crippen LogP contribution in [0.3, 0.4) is 0 Å². The van der Waals surface area contributed by atoms with Gasteiger partial charge < -0.3 is 5.32 Å². The molecule has 0 aliphatic heterocycles. The van der Waals surface area contributed by atoms with E-state index < -0.39 is 0 Å². The normalized spacial score (nSPS) is 12.9. The van der Waals surface area contributed by atoms with Gasteiger partial charge in [-0.1, -0.05) is 0 Å². The van der Waals surface area contributed by atoms with Crippen molar-refractivity contribution in [3.05, 3.63) is 35.9 Å². The van der Waals surface area contributed by atoms with Crippen LogP contribution in [0.4, 0.5) is 0 Å². The van der Waals surface area contributed by atoms with Gasteiger partial charge in [0.05, 0.1) is 11.9 Å². The minimum absolute atomic E-state index is 0.326. The monoisotopic (exact) mass is 233 g/mol. The van der Waals surface area contributed by atoms with Crippen molar-refractivity contribution in [1.82, 2.24) is 24.9 Å². The van der Waals surface area contributed by atoms with Crippen molar-refractivity contribution in [2.24, 2.45) is 14.1 Å². The first-order valence-electron chi connectivity index (χ1n) is 5.85. The molecule has 0 aliphatic carbocycles. The van der Waals surface area contributed by atoms with Gasteiger partial charge >= 0.3 is 0 Å². The molecule has 2 heterocycles. The Morgan fingerprint density at radius 2 is 2.18 bits per heavy atom. The van der Waals surface area contributed by atoms with Crippen LogP contribution in [0.1, 0.15) is 24.2 Å².